The van der Waals surface area contributed by atoms with Crippen LogP contribution < -0.4 is 5.73 Å². The first-order valence-electron chi connectivity index (χ1n) is 4.41. The maximum Gasteiger partial charge on any atom is 0.0909 e. The van der Waals surface area contributed by atoms with Crippen LogP contribution in [0.2, 0.25) is 0 Å². The second-order valence-corrected chi connectivity index (χ2v) is 4.37. The second kappa shape index (κ2) is 3.70. The normalized spacial score (nSPS) is 32.9. The van der Waals surface area contributed by atoms with Crippen molar-refractivity contribution < 1.29 is 5.11 Å². The van der Waals surface area contributed by atoms with E-state index < -0.39 is 6.10 Å². The van der Waals surface area contributed by atoms with Gasteiger partial charge < -0.3 is 10.8 Å². The van der Waals surface area contributed by atoms with Gasteiger partial charge >= 0.3 is 0 Å². The Balaban J connectivity index is 2.12. The van der Waals surface area contributed by atoms with Gasteiger partial charge in [0.15, 0.2) is 0 Å². The van der Waals surface area contributed by atoms with Crippen molar-refractivity contribution in [3.05, 3.63) is 35.3 Å². The van der Waals surface area contributed by atoms with E-state index in [1.165, 1.54) is 0 Å². The van der Waals surface area contributed by atoms with Crippen molar-refractivity contribution in [3.63, 3.8) is 0 Å². The van der Waals surface area contributed by atoms with Crippen molar-refractivity contribution in [1.82, 2.24) is 0 Å². The minimum atomic E-state index is -0.501. The average molecular weight is 195 g/mol. The van der Waals surface area contributed by atoms with Gasteiger partial charge in [-0.3, -0.25) is 0 Å². The van der Waals surface area contributed by atoms with Crippen LogP contribution in [0.25, 0.3) is 0 Å². The quantitative estimate of drug-likeness (QED) is 0.692. The van der Waals surface area contributed by atoms with Crippen molar-refractivity contribution in [2.45, 2.75) is 11.4 Å². The summed E-state index contributed by atoms with van der Waals surface area (Å²) in [5.74, 6) is 0.513. The van der Waals surface area contributed by atoms with Gasteiger partial charge in [0.1, 0.15) is 0 Å². The third kappa shape index (κ3) is 1.73. The summed E-state index contributed by atoms with van der Waals surface area (Å²) in [5.41, 5.74) is 6.35. The van der Waals surface area contributed by atoms with Crippen molar-refractivity contribution >= 4 is 11.8 Å². The molecule has 0 radical (unpaired) electrons. The van der Waals surface area contributed by atoms with E-state index in [0.717, 1.165) is 5.57 Å². The molecule has 1 heterocycles. The van der Waals surface area contributed by atoms with Crippen LogP contribution >= 0.6 is 11.8 Å². The zero-order valence-electron chi connectivity index (χ0n) is 7.26. The van der Waals surface area contributed by atoms with Crippen LogP contribution in [-0.2, 0) is 0 Å². The summed E-state index contributed by atoms with van der Waals surface area (Å²) in [4.78, 5) is 0. The Hall–Kier alpha value is -0.510. The van der Waals surface area contributed by atoms with Gasteiger partial charge in [0.05, 0.1) is 6.10 Å². The topological polar surface area (TPSA) is 46.2 Å². The lowest BCUT2D eigenvalue weighted by Gasteiger charge is -2.20. The third-order valence-corrected chi connectivity index (χ3v) is 3.47. The molecule has 2 nitrogen and oxygen atoms in total. The predicted molar refractivity (Wildman–Crippen MR) is 56.3 cm³/mol. The van der Waals surface area contributed by atoms with E-state index in [-0.39, 0.29) is 0 Å². The van der Waals surface area contributed by atoms with Crippen LogP contribution in [0.3, 0.4) is 0 Å². The van der Waals surface area contributed by atoms with Gasteiger partial charge in [0.25, 0.3) is 0 Å². The zero-order valence-corrected chi connectivity index (χ0v) is 8.08. The fourth-order valence-corrected chi connectivity index (χ4v) is 2.63. The molecule has 70 valence electrons. The van der Waals surface area contributed by atoms with Crippen molar-refractivity contribution in [3.8, 4) is 0 Å². The van der Waals surface area contributed by atoms with E-state index in [4.69, 9.17) is 5.73 Å². The Kier molecular flexibility index (Phi) is 2.58. The number of rotatable bonds is 2. The predicted octanol–water partition coefficient (Wildman–Crippen LogP) is 1.05. The maximum absolute atomic E-state index is 9.53. The van der Waals surface area contributed by atoms with Crippen molar-refractivity contribution in [1.29, 1.82) is 0 Å². The molecule has 3 atom stereocenters. The lowest BCUT2D eigenvalue weighted by atomic mass is 9.94. The van der Waals surface area contributed by atoms with Gasteiger partial charge in [-0.15, -0.1) is 11.8 Å². The van der Waals surface area contributed by atoms with Gasteiger partial charge in [-0.25, -0.2) is 0 Å². The molecule has 1 aliphatic heterocycles. The standard InChI is InChI=1S/C10H13NOS/c11-6-9(12)8-2-1-7-3-4-13-10(7)5-8/h1-5,7,9-10,12H,6,11H2. The van der Waals surface area contributed by atoms with E-state index in [0.29, 0.717) is 17.7 Å². The fraction of sp³-hybridized carbons (Fsp3) is 0.400. The summed E-state index contributed by atoms with van der Waals surface area (Å²) in [6, 6.07) is 0. The molecule has 1 aliphatic carbocycles. The summed E-state index contributed by atoms with van der Waals surface area (Å²) < 4.78 is 0. The Morgan fingerprint density at radius 1 is 1.54 bits per heavy atom. The van der Waals surface area contributed by atoms with Crippen LogP contribution in [0.1, 0.15) is 0 Å². The second-order valence-electron chi connectivity index (χ2n) is 3.28. The van der Waals surface area contributed by atoms with E-state index in [2.05, 4.69) is 23.6 Å². The molecule has 0 amide bonds. The first-order chi connectivity index (χ1) is 6.31. The summed E-state index contributed by atoms with van der Waals surface area (Å²) in [5, 5.41) is 12.1. The first-order valence-corrected chi connectivity index (χ1v) is 5.35. The van der Waals surface area contributed by atoms with E-state index in [9.17, 15) is 5.11 Å². The van der Waals surface area contributed by atoms with Crippen LogP contribution in [0.5, 0.6) is 0 Å². The molecule has 0 saturated heterocycles. The molecule has 3 unspecified atom stereocenters. The minimum Gasteiger partial charge on any atom is -0.387 e. The number of aliphatic hydroxyl groups excluding tert-OH is 1. The smallest absolute Gasteiger partial charge is 0.0909 e. The lowest BCUT2D eigenvalue weighted by molar-refractivity contribution is 0.222. The molecule has 0 aromatic rings. The Labute approximate surface area is 82.2 Å². The highest BCUT2D eigenvalue weighted by atomic mass is 32.2. The fourth-order valence-electron chi connectivity index (χ4n) is 1.58. The number of fused-ring (bicyclic) bond motifs is 1. The molecular weight excluding hydrogens is 182 g/mol. The van der Waals surface area contributed by atoms with Crippen molar-refractivity contribution in [2.75, 3.05) is 6.54 Å². The number of nitrogens with two attached hydrogens (primary N) is 1. The van der Waals surface area contributed by atoms with Gasteiger partial charge in [0, 0.05) is 17.7 Å². The maximum atomic E-state index is 9.53. The molecular formula is C10H13NOS. The number of allylic oxidation sites excluding steroid dienone is 2. The van der Waals surface area contributed by atoms with Crippen LogP contribution in [0, 0.1) is 5.92 Å². The molecule has 0 bridgehead atoms. The molecule has 3 heteroatoms. The number of thioether (sulfide) groups is 1. The third-order valence-electron chi connectivity index (χ3n) is 2.39. The summed E-state index contributed by atoms with van der Waals surface area (Å²) in [6.07, 6.45) is 7.92. The van der Waals surface area contributed by atoms with Gasteiger partial charge in [-0.05, 0) is 11.0 Å². The number of hydrogen-bond acceptors (Lipinski definition) is 3. The van der Waals surface area contributed by atoms with Gasteiger partial charge in [0.2, 0.25) is 0 Å². The van der Waals surface area contributed by atoms with E-state index >= 15 is 0 Å². The first kappa shape index (κ1) is 9.06. The Bertz CT molecular complexity index is 283. The molecule has 0 aromatic heterocycles. The van der Waals surface area contributed by atoms with Gasteiger partial charge in [-0.1, -0.05) is 24.3 Å². The van der Waals surface area contributed by atoms with Gasteiger partial charge in [-0.2, -0.15) is 0 Å². The Morgan fingerprint density at radius 2 is 2.38 bits per heavy atom. The average Bonchev–Trinajstić information content (AvgIpc) is 2.63. The molecule has 13 heavy (non-hydrogen) atoms. The van der Waals surface area contributed by atoms with Crippen molar-refractivity contribution in [2.24, 2.45) is 11.7 Å². The summed E-state index contributed by atoms with van der Waals surface area (Å²) >= 11 is 1.80. The van der Waals surface area contributed by atoms with E-state index in [1.807, 2.05) is 6.08 Å². The summed E-state index contributed by atoms with van der Waals surface area (Å²) in [6.45, 7) is 0.297. The molecule has 0 fully saturated rings. The number of aliphatic hydroxyl groups is 1. The molecule has 0 saturated carbocycles. The highest BCUT2D eigenvalue weighted by molar-refractivity contribution is 8.03. The minimum absolute atomic E-state index is 0.297. The Morgan fingerprint density at radius 3 is 3.15 bits per heavy atom. The molecule has 2 aliphatic rings. The summed E-state index contributed by atoms with van der Waals surface area (Å²) in [7, 11) is 0. The molecule has 0 aromatic carbocycles. The van der Waals surface area contributed by atoms with Crippen LogP contribution in [0.15, 0.2) is 35.3 Å². The molecule has 3 N–H and O–H groups in total. The molecule has 2 rings (SSSR count). The molecule has 0 spiro atoms. The number of hydrogen-bond donors (Lipinski definition) is 2. The SMILES string of the molecule is NCC(O)C1=CC2SC=CC2C=C1. The monoisotopic (exact) mass is 195 g/mol. The van der Waals surface area contributed by atoms with E-state index in [1.54, 1.807) is 11.8 Å². The van der Waals surface area contributed by atoms with Crippen LogP contribution in [0.4, 0.5) is 0 Å². The highest BCUT2D eigenvalue weighted by Gasteiger charge is 2.23. The zero-order chi connectivity index (χ0) is 9.26. The highest BCUT2D eigenvalue weighted by Crippen LogP contribution is 2.35. The lowest BCUT2D eigenvalue weighted by Crippen LogP contribution is -2.24. The van der Waals surface area contributed by atoms with Crippen LogP contribution in [-0.4, -0.2) is 23.0 Å². The largest absolute Gasteiger partial charge is 0.387 e.